The Morgan fingerprint density at radius 1 is 0.926 bits per heavy atom. The van der Waals surface area contributed by atoms with Gasteiger partial charge < -0.3 is 21.1 Å². The fourth-order valence-electron chi connectivity index (χ4n) is 2.35. The van der Waals surface area contributed by atoms with Crippen molar-refractivity contribution in [3.63, 3.8) is 0 Å². The van der Waals surface area contributed by atoms with Crippen LogP contribution in [0.1, 0.15) is 18.1 Å². The highest BCUT2D eigenvalue weighted by Crippen LogP contribution is 2.05. The zero-order valence-electron chi connectivity index (χ0n) is 15.1. The highest BCUT2D eigenvalue weighted by atomic mass is 16.5. The molecule has 0 aliphatic heterocycles. The fraction of sp³-hybridized carbons (Fsp3) is 0.250. The summed E-state index contributed by atoms with van der Waals surface area (Å²) < 4.78 is 5.18. The van der Waals surface area contributed by atoms with Gasteiger partial charge in [-0.1, -0.05) is 60.7 Å². The van der Waals surface area contributed by atoms with Crippen LogP contribution in [-0.2, 0) is 27.4 Å². The monoisotopic (exact) mass is 369 g/mol. The van der Waals surface area contributed by atoms with E-state index in [0.29, 0.717) is 0 Å². The maximum atomic E-state index is 12.5. The SMILES string of the molecule is C[C@H](NC(=O)[C@H](Cc1ccccc1)NC(=O)OCc1ccccc1)C(N)=O. The summed E-state index contributed by atoms with van der Waals surface area (Å²) in [7, 11) is 0. The molecule has 0 aromatic heterocycles. The summed E-state index contributed by atoms with van der Waals surface area (Å²) in [6, 6.07) is 16.7. The highest BCUT2D eigenvalue weighted by Gasteiger charge is 2.24. The van der Waals surface area contributed by atoms with Crippen molar-refractivity contribution in [3.8, 4) is 0 Å². The van der Waals surface area contributed by atoms with Crippen molar-refractivity contribution in [1.82, 2.24) is 10.6 Å². The van der Waals surface area contributed by atoms with Crippen LogP contribution < -0.4 is 16.4 Å². The van der Waals surface area contributed by atoms with Crippen LogP contribution in [0.25, 0.3) is 0 Å². The summed E-state index contributed by atoms with van der Waals surface area (Å²) in [6.07, 6.45) is -0.472. The molecule has 2 atom stereocenters. The van der Waals surface area contributed by atoms with Gasteiger partial charge in [-0.15, -0.1) is 0 Å². The number of carbonyl (C=O) groups excluding carboxylic acids is 3. The third-order valence-corrected chi connectivity index (χ3v) is 3.89. The maximum Gasteiger partial charge on any atom is 0.408 e. The Hall–Kier alpha value is -3.35. The first-order valence-corrected chi connectivity index (χ1v) is 8.56. The third kappa shape index (κ3) is 6.81. The fourth-order valence-corrected chi connectivity index (χ4v) is 2.35. The van der Waals surface area contributed by atoms with Gasteiger partial charge in [0.25, 0.3) is 0 Å². The molecule has 0 spiro atoms. The van der Waals surface area contributed by atoms with Crippen LogP contribution in [0.4, 0.5) is 4.79 Å². The van der Waals surface area contributed by atoms with E-state index in [1.54, 1.807) is 0 Å². The molecule has 27 heavy (non-hydrogen) atoms. The van der Waals surface area contributed by atoms with Gasteiger partial charge in [0.15, 0.2) is 0 Å². The minimum Gasteiger partial charge on any atom is -0.445 e. The summed E-state index contributed by atoms with van der Waals surface area (Å²) in [4.78, 5) is 35.8. The van der Waals surface area contributed by atoms with Crippen LogP contribution in [0.2, 0.25) is 0 Å². The van der Waals surface area contributed by atoms with E-state index in [4.69, 9.17) is 10.5 Å². The Morgan fingerprint density at radius 2 is 1.48 bits per heavy atom. The van der Waals surface area contributed by atoms with Crippen molar-refractivity contribution in [1.29, 1.82) is 0 Å². The van der Waals surface area contributed by atoms with Crippen LogP contribution in [-0.4, -0.2) is 30.0 Å². The van der Waals surface area contributed by atoms with Gasteiger partial charge in [-0.05, 0) is 18.1 Å². The number of nitrogens with two attached hydrogens (primary N) is 1. The number of amides is 3. The predicted octanol–water partition coefficient (Wildman–Crippen LogP) is 1.51. The average molecular weight is 369 g/mol. The number of benzene rings is 2. The topological polar surface area (TPSA) is 111 Å². The van der Waals surface area contributed by atoms with Gasteiger partial charge in [0, 0.05) is 6.42 Å². The summed E-state index contributed by atoms with van der Waals surface area (Å²) in [5.41, 5.74) is 6.87. The van der Waals surface area contributed by atoms with Gasteiger partial charge in [-0.25, -0.2) is 4.79 Å². The van der Waals surface area contributed by atoms with Gasteiger partial charge in [0.1, 0.15) is 18.7 Å². The van der Waals surface area contributed by atoms with Crippen LogP contribution in [0.3, 0.4) is 0 Å². The quantitative estimate of drug-likeness (QED) is 0.655. The first-order valence-electron chi connectivity index (χ1n) is 8.56. The molecule has 7 nitrogen and oxygen atoms in total. The van der Waals surface area contributed by atoms with Crippen molar-refractivity contribution in [2.75, 3.05) is 0 Å². The standard InChI is InChI=1S/C20H23N3O4/c1-14(18(21)24)22-19(25)17(12-15-8-4-2-5-9-15)23-20(26)27-13-16-10-6-3-7-11-16/h2-11,14,17H,12-13H2,1H3,(H2,21,24)(H,22,25)(H,23,26)/t14-,17-/m0/s1. The van der Waals surface area contributed by atoms with E-state index < -0.39 is 30.0 Å². The van der Waals surface area contributed by atoms with Gasteiger partial charge in [0.2, 0.25) is 11.8 Å². The lowest BCUT2D eigenvalue weighted by Gasteiger charge is -2.20. The molecule has 2 aromatic carbocycles. The van der Waals surface area contributed by atoms with Crippen molar-refractivity contribution in [2.45, 2.75) is 32.0 Å². The Morgan fingerprint density at radius 3 is 2.04 bits per heavy atom. The van der Waals surface area contributed by atoms with E-state index in [1.165, 1.54) is 6.92 Å². The smallest absolute Gasteiger partial charge is 0.408 e. The molecule has 2 aromatic rings. The number of rotatable bonds is 8. The maximum absolute atomic E-state index is 12.5. The lowest BCUT2D eigenvalue weighted by Crippen LogP contribution is -2.52. The molecule has 0 aliphatic carbocycles. The number of hydrogen-bond donors (Lipinski definition) is 3. The minimum atomic E-state index is -0.905. The van der Waals surface area contributed by atoms with E-state index in [2.05, 4.69) is 10.6 Å². The number of hydrogen-bond acceptors (Lipinski definition) is 4. The van der Waals surface area contributed by atoms with E-state index >= 15 is 0 Å². The number of nitrogens with one attached hydrogen (secondary N) is 2. The number of carbonyl (C=O) groups is 3. The normalized spacial score (nSPS) is 12.5. The zero-order chi connectivity index (χ0) is 19.6. The van der Waals surface area contributed by atoms with Crippen molar-refractivity contribution in [3.05, 3.63) is 71.8 Å². The molecule has 0 unspecified atom stereocenters. The number of primary amides is 1. The molecule has 0 heterocycles. The molecule has 0 radical (unpaired) electrons. The second-order valence-electron chi connectivity index (χ2n) is 6.08. The third-order valence-electron chi connectivity index (χ3n) is 3.89. The van der Waals surface area contributed by atoms with Gasteiger partial charge >= 0.3 is 6.09 Å². The van der Waals surface area contributed by atoms with Crippen LogP contribution >= 0.6 is 0 Å². The highest BCUT2D eigenvalue weighted by molar-refractivity contribution is 5.90. The zero-order valence-corrected chi connectivity index (χ0v) is 15.1. The second kappa shape index (κ2) is 9.96. The predicted molar refractivity (Wildman–Crippen MR) is 100 cm³/mol. The van der Waals surface area contributed by atoms with Gasteiger partial charge in [-0.2, -0.15) is 0 Å². The lowest BCUT2D eigenvalue weighted by atomic mass is 10.1. The molecule has 0 fully saturated rings. The molecule has 0 saturated carbocycles. The summed E-state index contributed by atoms with van der Waals surface area (Å²) in [5.74, 6) is -1.17. The molecule has 7 heteroatoms. The second-order valence-corrected chi connectivity index (χ2v) is 6.08. The van der Waals surface area contributed by atoms with Crippen LogP contribution in [0, 0.1) is 0 Å². The Kier molecular flexibility index (Phi) is 7.37. The summed E-state index contributed by atoms with van der Waals surface area (Å²) >= 11 is 0. The largest absolute Gasteiger partial charge is 0.445 e. The Balaban J connectivity index is 2.00. The van der Waals surface area contributed by atoms with E-state index in [0.717, 1.165) is 11.1 Å². The van der Waals surface area contributed by atoms with Crippen molar-refractivity contribution in [2.24, 2.45) is 5.73 Å². The van der Waals surface area contributed by atoms with Crippen LogP contribution in [0.15, 0.2) is 60.7 Å². The molecule has 3 amide bonds. The van der Waals surface area contributed by atoms with E-state index in [1.807, 2.05) is 60.7 Å². The molecular weight excluding hydrogens is 346 g/mol. The molecule has 0 saturated heterocycles. The van der Waals surface area contributed by atoms with E-state index in [9.17, 15) is 14.4 Å². The number of ether oxygens (including phenoxy) is 1. The summed E-state index contributed by atoms with van der Waals surface area (Å²) in [5, 5.41) is 5.05. The Labute approximate surface area is 157 Å². The average Bonchev–Trinajstić information content (AvgIpc) is 2.67. The van der Waals surface area contributed by atoms with Gasteiger partial charge in [0.05, 0.1) is 0 Å². The first-order chi connectivity index (χ1) is 13.0. The van der Waals surface area contributed by atoms with Crippen LogP contribution in [0.5, 0.6) is 0 Å². The first kappa shape index (κ1) is 20.0. The molecule has 142 valence electrons. The van der Waals surface area contributed by atoms with Crippen molar-refractivity contribution < 1.29 is 19.1 Å². The van der Waals surface area contributed by atoms with Crippen molar-refractivity contribution >= 4 is 17.9 Å². The number of alkyl carbamates (subject to hydrolysis) is 1. The molecular formula is C20H23N3O4. The molecule has 2 rings (SSSR count). The minimum absolute atomic E-state index is 0.0873. The molecule has 0 bridgehead atoms. The lowest BCUT2D eigenvalue weighted by molar-refractivity contribution is -0.128. The molecule has 0 aliphatic rings. The Bertz CT molecular complexity index is 765. The molecule has 4 N–H and O–H groups in total. The summed E-state index contributed by atoms with van der Waals surface area (Å²) in [6.45, 7) is 1.57. The van der Waals surface area contributed by atoms with E-state index in [-0.39, 0.29) is 13.0 Å². The van der Waals surface area contributed by atoms with Gasteiger partial charge in [-0.3, -0.25) is 9.59 Å².